The lowest BCUT2D eigenvalue weighted by Crippen LogP contribution is -2.05. The van der Waals surface area contributed by atoms with Crippen LogP contribution in [0.1, 0.15) is 27.8 Å². The van der Waals surface area contributed by atoms with Crippen LogP contribution >= 0.6 is 15.9 Å². The minimum Gasteiger partial charge on any atom is -0.496 e. The fourth-order valence-electron chi connectivity index (χ4n) is 1.84. The number of Topliss-reactive ketones (excluding diaryl/α,β-unsaturated/α-hetero) is 1. The number of carbonyl (C=O) groups is 2. The van der Waals surface area contributed by atoms with Gasteiger partial charge in [-0.15, -0.1) is 0 Å². The number of carboxylic acids is 1. The highest BCUT2D eigenvalue weighted by Gasteiger charge is 2.16. The Kier molecular flexibility index (Phi) is 3.94. The number of carboxylic acid groups (broad SMARTS) is 1. The molecule has 0 saturated heterocycles. The van der Waals surface area contributed by atoms with E-state index >= 15 is 0 Å². The molecule has 0 aliphatic rings. The standard InChI is InChI=1S/C14H12BrNO4/c1-8(17)9-5-12(14(18)19)16(7-9)10-3-4-13(20-2)11(15)6-10/h3-7H,1-2H3,(H,18,19). The number of rotatable bonds is 4. The van der Waals surface area contributed by atoms with Crippen molar-refractivity contribution in [1.29, 1.82) is 0 Å². The van der Waals surface area contributed by atoms with E-state index in [2.05, 4.69) is 15.9 Å². The van der Waals surface area contributed by atoms with Crippen molar-refractivity contribution in [1.82, 2.24) is 4.57 Å². The Hall–Kier alpha value is -2.08. The Balaban J connectivity index is 2.59. The predicted molar refractivity (Wildman–Crippen MR) is 77.0 cm³/mol. The van der Waals surface area contributed by atoms with Crippen molar-refractivity contribution in [3.05, 3.63) is 46.2 Å². The molecule has 0 saturated carbocycles. The van der Waals surface area contributed by atoms with E-state index in [0.29, 0.717) is 21.5 Å². The van der Waals surface area contributed by atoms with Crippen LogP contribution < -0.4 is 4.74 Å². The molecule has 104 valence electrons. The van der Waals surface area contributed by atoms with Crippen molar-refractivity contribution in [3.63, 3.8) is 0 Å². The monoisotopic (exact) mass is 337 g/mol. The first-order chi connectivity index (χ1) is 9.43. The summed E-state index contributed by atoms with van der Waals surface area (Å²) in [4.78, 5) is 22.7. The lowest BCUT2D eigenvalue weighted by molar-refractivity contribution is 0.0688. The van der Waals surface area contributed by atoms with E-state index in [1.165, 1.54) is 23.8 Å². The van der Waals surface area contributed by atoms with E-state index in [9.17, 15) is 14.7 Å². The van der Waals surface area contributed by atoms with Crippen LogP contribution in [0.4, 0.5) is 0 Å². The summed E-state index contributed by atoms with van der Waals surface area (Å²) in [6.45, 7) is 1.40. The number of aromatic carboxylic acids is 1. The molecule has 5 nitrogen and oxygen atoms in total. The van der Waals surface area contributed by atoms with Gasteiger partial charge in [0.1, 0.15) is 11.4 Å². The lowest BCUT2D eigenvalue weighted by Gasteiger charge is -2.09. The number of carbonyl (C=O) groups excluding carboxylic acids is 1. The number of ether oxygens (including phenoxy) is 1. The van der Waals surface area contributed by atoms with Gasteiger partial charge in [-0.1, -0.05) is 0 Å². The average Bonchev–Trinajstić information content (AvgIpc) is 2.84. The van der Waals surface area contributed by atoms with Gasteiger partial charge >= 0.3 is 5.97 Å². The van der Waals surface area contributed by atoms with Crippen LogP contribution in [0.2, 0.25) is 0 Å². The first-order valence-corrected chi connectivity index (χ1v) is 6.54. The zero-order chi connectivity index (χ0) is 14.9. The van der Waals surface area contributed by atoms with Crippen LogP contribution in [0, 0.1) is 0 Å². The molecule has 0 amide bonds. The van der Waals surface area contributed by atoms with E-state index < -0.39 is 5.97 Å². The highest BCUT2D eigenvalue weighted by Crippen LogP contribution is 2.28. The summed E-state index contributed by atoms with van der Waals surface area (Å²) in [7, 11) is 1.55. The van der Waals surface area contributed by atoms with Crippen LogP contribution in [-0.4, -0.2) is 28.5 Å². The number of hydrogen-bond acceptors (Lipinski definition) is 3. The average molecular weight is 338 g/mol. The Labute approximate surface area is 123 Å². The van der Waals surface area contributed by atoms with Crippen LogP contribution in [0.15, 0.2) is 34.9 Å². The number of aromatic nitrogens is 1. The molecule has 2 aromatic rings. The van der Waals surface area contributed by atoms with Gasteiger partial charge in [0.05, 0.1) is 11.6 Å². The Morgan fingerprint density at radius 1 is 1.30 bits per heavy atom. The van der Waals surface area contributed by atoms with Gasteiger partial charge in [-0.05, 0) is 47.1 Å². The van der Waals surface area contributed by atoms with Crippen molar-refractivity contribution in [2.75, 3.05) is 7.11 Å². The molecule has 1 N–H and O–H groups in total. The fraction of sp³-hybridized carbons (Fsp3) is 0.143. The molecule has 0 unspecified atom stereocenters. The van der Waals surface area contributed by atoms with Gasteiger partial charge in [-0.25, -0.2) is 4.79 Å². The maximum Gasteiger partial charge on any atom is 0.352 e. The van der Waals surface area contributed by atoms with E-state index in [1.807, 2.05) is 0 Å². The summed E-state index contributed by atoms with van der Waals surface area (Å²) in [5, 5.41) is 9.22. The van der Waals surface area contributed by atoms with Crippen molar-refractivity contribution in [2.45, 2.75) is 6.92 Å². The number of ketones is 1. The normalized spacial score (nSPS) is 10.3. The fourth-order valence-corrected chi connectivity index (χ4v) is 2.37. The van der Waals surface area contributed by atoms with E-state index in [0.717, 1.165) is 0 Å². The molecular formula is C14H12BrNO4. The first kappa shape index (κ1) is 14.3. The van der Waals surface area contributed by atoms with Gasteiger partial charge in [0.2, 0.25) is 0 Å². The van der Waals surface area contributed by atoms with Gasteiger partial charge in [-0.3, -0.25) is 4.79 Å². The van der Waals surface area contributed by atoms with Crippen molar-refractivity contribution in [3.8, 4) is 11.4 Å². The zero-order valence-electron chi connectivity index (χ0n) is 10.9. The van der Waals surface area contributed by atoms with Gasteiger partial charge in [0, 0.05) is 17.4 Å². The minimum absolute atomic E-state index is 0.0345. The van der Waals surface area contributed by atoms with E-state index in [1.54, 1.807) is 25.3 Å². The number of nitrogens with zero attached hydrogens (tertiary/aromatic N) is 1. The van der Waals surface area contributed by atoms with E-state index in [-0.39, 0.29) is 11.5 Å². The van der Waals surface area contributed by atoms with Crippen LogP contribution in [0.25, 0.3) is 5.69 Å². The minimum atomic E-state index is -1.09. The summed E-state index contributed by atoms with van der Waals surface area (Å²) in [6, 6.07) is 6.54. The quantitative estimate of drug-likeness (QED) is 0.870. The second kappa shape index (κ2) is 5.50. The maximum absolute atomic E-state index is 11.4. The highest BCUT2D eigenvalue weighted by molar-refractivity contribution is 9.10. The van der Waals surface area contributed by atoms with Crippen molar-refractivity contribution < 1.29 is 19.4 Å². The Bertz CT molecular complexity index is 690. The first-order valence-electron chi connectivity index (χ1n) is 5.74. The maximum atomic E-state index is 11.4. The molecule has 0 bridgehead atoms. The number of methoxy groups -OCH3 is 1. The number of hydrogen-bond donors (Lipinski definition) is 1. The summed E-state index contributed by atoms with van der Waals surface area (Å²) in [5.41, 5.74) is 1.02. The summed E-state index contributed by atoms with van der Waals surface area (Å²) < 4.78 is 7.29. The van der Waals surface area contributed by atoms with Crippen molar-refractivity contribution >= 4 is 27.7 Å². The second-order valence-electron chi connectivity index (χ2n) is 4.16. The molecule has 0 radical (unpaired) electrons. The van der Waals surface area contributed by atoms with Gasteiger partial charge in [-0.2, -0.15) is 0 Å². The molecule has 1 aromatic carbocycles. The predicted octanol–water partition coefficient (Wildman–Crippen LogP) is 3.15. The largest absolute Gasteiger partial charge is 0.496 e. The lowest BCUT2D eigenvalue weighted by atomic mass is 10.2. The van der Waals surface area contributed by atoms with E-state index in [4.69, 9.17) is 4.74 Å². The molecule has 20 heavy (non-hydrogen) atoms. The third-order valence-electron chi connectivity index (χ3n) is 2.86. The van der Waals surface area contributed by atoms with Crippen molar-refractivity contribution in [2.24, 2.45) is 0 Å². The SMILES string of the molecule is COc1ccc(-n2cc(C(C)=O)cc2C(=O)O)cc1Br. The highest BCUT2D eigenvalue weighted by atomic mass is 79.9. The third kappa shape index (κ3) is 2.60. The van der Waals surface area contributed by atoms with Gasteiger partial charge < -0.3 is 14.4 Å². The summed E-state index contributed by atoms with van der Waals surface area (Å²) in [5.74, 6) is -0.632. The molecule has 0 aliphatic carbocycles. The molecule has 6 heteroatoms. The summed E-state index contributed by atoms with van der Waals surface area (Å²) in [6.07, 6.45) is 1.51. The number of benzene rings is 1. The number of halogens is 1. The Morgan fingerprint density at radius 3 is 2.50 bits per heavy atom. The third-order valence-corrected chi connectivity index (χ3v) is 3.48. The molecule has 0 fully saturated rings. The second-order valence-corrected chi connectivity index (χ2v) is 5.02. The molecule has 0 atom stereocenters. The van der Waals surface area contributed by atoms with Gasteiger partial charge in [0.15, 0.2) is 5.78 Å². The van der Waals surface area contributed by atoms with Crippen LogP contribution in [0.5, 0.6) is 5.75 Å². The Morgan fingerprint density at radius 2 is 2.00 bits per heavy atom. The molecule has 0 spiro atoms. The molecule has 1 aromatic heterocycles. The molecule has 0 aliphatic heterocycles. The summed E-state index contributed by atoms with van der Waals surface area (Å²) >= 11 is 3.35. The smallest absolute Gasteiger partial charge is 0.352 e. The van der Waals surface area contributed by atoms with Gasteiger partial charge in [0.25, 0.3) is 0 Å². The molecular weight excluding hydrogens is 326 g/mol. The molecule has 1 heterocycles. The van der Waals surface area contributed by atoms with Crippen LogP contribution in [0.3, 0.4) is 0 Å². The zero-order valence-corrected chi connectivity index (χ0v) is 12.5. The molecule has 2 rings (SSSR count). The van der Waals surface area contributed by atoms with Crippen LogP contribution in [-0.2, 0) is 0 Å². The topological polar surface area (TPSA) is 68.5 Å².